The maximum atomic E-state index is 9.13. The van der Waals surface area contributed by atoms with Crippen LogP contribution in [0.15, 0.2) is 24.3 Å². The van der Waals surface area contributed by atoms with Crippen molar-refractivity contribution in [3.63, 3.8) is 0 Å². The van der Waals surface area contributed by atoms with E-state index in [1.54, 1.807) is 14.0 Å². The second-order valence-corrected chi connectivity index (χ2v) is 4.42. The standard InChI is InChI=1S/C15H23NO3/c1-4-5-13-6-7-14(15(10-13)18-3)19-9-8-16-11-12(2)17/h4-7,10,12,16-17H,8-9,11H2,1-3H3/p+1/b5-4+/t12-/m1/s1. The van der Waals surface area contributed by atoms with Gasteiger partial charge >= 0.3 is 0 Å². The molecule has 4 nitrogen and oxygen atoms in total. The SMILES string of the molecule is C/C=C/c1ccc(OCC[NH2+]C[C@@H](C)O)c(OC)c1. The number of benzene rings is 1. The van der Waals surface area contributed by atoms with Crippen LogP contribution in [0, 0.1) is 0 Å². The fourth-order valence-corrected chi connectivity index (χ4v) is 1.71. The lowest BCUT2D eigenvalue weighted by Gasteiger charge is -2.11. The third-order valence-electron chi connectivity index (χ3n) is 2.63. The van der Waals surface area contributed by atoms with Crippen molar-refractivity contribution in [2.24, 2.45) is 0 Å². The van der Waals surface area contributed by atoms with Gasteiger partial charge in [0, 0.05) is 0 Å². The van der Waals surface area contributed by atoms with Crippen LogP contribution in [-0.2, 0) is 0 Å². The fraction of sp³-hybridized carbons (Fsp3) is 0.467. The molecule has 0 unspecified atom stereocenters. The molecule has 0 heterocycles. The Morgan fingerprint density at radius 3 is 2.79 bits per heavy atom. The molecule has 4 heteroatoms. The van der Waals surface area contributed by atoms with E-state index in [0.29, 0.717) is 13.2 Å². The molecule has 1 aromatic rings. The lowest BCUT2D eigenvalue weighted by atomic mass is 10.2. The molecule has 1 rings (SSSR count). The number of allylic oxidation sites excluding steroid dienone is 1. The minimum Gasteiger partial charge on any atom is -0.493 e. The van der Waals surface area contributed by atoms with Gasteiger partial charge in [-0.1, -0.05) is 18.2 Å². The minimum atomic E-state index is -0.283. The smallest absolute Gasteiger partial charge is 0.161 e. The Kier molecular flexibility index (Phi) is 7.00. The first-order valence-electron chi connectivity index (χ1n) is 6.60. The van der Waals surface area contributed by atoms with Gasteiger partial charge in [-0.2, -0.15) is 0 Å². The van der Waals surface area contributed by atoms with Gasteiger partial charge in [0.1, 0.15) is 19.7 Å². The van der Waals surface area contributed by atoms with Crippen molar-refractivity contribution in [1.82, 2.24) is 0 Å². The van der Waals surface area contributed by atoms with E-state index >= 15 is 0 Å². The van der Waals surface area contributed by atoms with E-state index in [2.05, 4.69) is 0 Å². The molecule has 0 aliphatic carbocycles. The Balaban J connectivity index is 2.49. The first kappa shape index (κ1) is 15.5. The first-order valence-corrected chi connectivity index (χ1v) is 6.60. The Morgan fingerprint density at radius 1 is 1.37 bits per heavy atom. The maximum absolute atomic E-state index is 9.13. The molecule has 3 N–H and O–H groups in total. The van der Waals surface area contributed by atoms with Crippen LogP contribution < -0.4 is 14.8 Å². The van der Waals surface area contributed by atoms with Gasteiger partial charge in [0.15, 0.2) is 11.5 Å². The third-order valence-corrected chi connectivity index (χ3v) is 2.63. The highest BCUT2D eigenvalue weighted by molar-refractivity contribution is 5.55. The first-order chi connectivity index (χ1) is 9.17. The van der Waals surface area contributed by atoms with Crippen LogP contribution in [-0.4, -0.2) is 38.0 Å². The summed E-state index contributed by atoms with van der Waals surface area (Å²) in [4.78, 5) is 0. The summed E-state index contributed by atoms with van der Waals surface area (Å²) in [6.45, 7) is 5.85. The summed E-state index contributed by atoms with van der Waals surface area (Å²) in [6.07, 6.45) is 3.72. The third kappa shape index (κ3) is 5.77. The summed E-state index contributed by atoms with van der Waals surface area (Å²) in [5, 5.41) is 11.2. The molecule has 0 aliphatic heterocycles. The number of hydrogen-bond acceptors (Lipinski definition) is 3. The van der Waals surface area contributed by atoms with E-state index in [0.717, 1.165) is 23.6 Å². The number of quaternary nitrogens is 1. The summed E-state index contributed by atoms with van der Waals surface area (Å²) in [5.41, 5.74) is 1.09. The number of nitrogens with two attached hydrogens (primary N) is 1. The summed E-state index contributed by atoms with van der Waals surface area (Å²) in [7, 11) is 1.64. The van der Waals surface area contributed by atoms with Gasteiger partial charge < -0.3 is 19.9 Å². The molecule has 1 atom stereocenters. The molecule has 0 saturated heterocycles. The quantitative estimate of drug-likeness (QED) is 0.692. The molecule has 0 radical (unpaired) electrons. The van der Waals surface area contributed by atoms with Crippen molar-refractivity contribution in [2.45, 2.75) is 20.0 Å². The Bertz CT molecular complexity index is 402. The molecular formula is C15H24NO3+. The number of methoxy groups -OCH3 is 1. The minimum absolute atomic E-state index is 0.283. The van der Waals surface area contributed by atoms with Gasteiger partial charge in [-0.3, -0.25) is 0 Å². The number of hydrogen-bond donors (Lipinski definition) is 2. The monoisotopic (exact) mass is 266 g/mol. The molecule has 0 amide bonds. The van der Waals surface area contributed by atoms with Gasteiger partial charge in [0.05, 0.1) is 13.2 Å². The highest BCUT2D eigenvalue weighted by Gasteiger charge is 2.05. The van der Waals surface area contributed by atoms with Crippen molar-refractivity contribution in [2.75, 3.05) is 26.8 Å². The average Bonchev–Trinajstić information content (AvgIpc) is 2.39. The van der Waals surface area contributed by atoms with Crippen LogP contribution in [0.1, 0.15) is 19.4 Å². The lowest BCUT2D eigenvalue weighted by Crippen LogP contribution is -2.87. The highest BCUT2D eigenvalue weighted by atomic mass is 16.5. The number of aliphatic hydroxyl groups is 1. The van der Waals surface area contributed by atoms with Gasteiger partial charge in [0.2, 0.25) is 0 Å². The van der Waals surface area contributed by atoms with E-state index in [1.165, 1.54) is 0 Å². The van der Waals surface area contributed by atoms with Gasteiger partial charge in [-0.15, -0.1) is 0 Å². The second-order valence-electron chi connectivity index (χ2n) is 4.42. The van der Waals surface area contributed by atoms with Crippen molar-refractivity contribution in [3.05, 3.63) is 29.8 Å². The van der Waals surface area contributed by atoms with Crippen LogP contribution >= 0.6 is 0 Å². The zero-order valence-electron chi connectivity index (χ0n) is 11.9. The average molecular weight is 266 g/mol. The molecule has 0 bridgehead atoms. The van der Waals surface area contributed by atoms with E-state index in [1.807, 2.05) is 42.6 Å². The Labute approximate surface area is 115 Å². The molecule has 106 valence electrons. The number of rotatable bonds is 8. The van der Waals surface area contributed by atoms with E-state index in [9.17, 15) is 0 Å². The van der Waals surface area contributed by atoms with Crippen molar-refractivity contribution < 1.29 is 19.9 Å². The Hall–Kier alpha value is -1.52. The number of ether oxygens (including phenoxy) is 2. The highest BCUT2D eigenvalue weighted by Crippen LogP contribution is 2.28. The molecule has 19 heavy (non-hydrogen) atoms. The van der Waals surface area contributed by atoms with Crippen molar-refractivity contribution in [1.29, 1.82) is 0 Å². The largest absolute Gasteiger partial charge is 0.493 e. The van der Waals surface area contributed by atoms with Crippen LogP contribution in [0.4, 0.5) is 0 Å². The fourth-order valence-electron chi connectivity index (χ4n) is 1.71. The van der Waals surface area contributed by atoms with E-state index in [4.69, 9.17) is 14.6 Å². The summed E-state index contributed by atoms with van der Waals surface area (Å²) < 4.78 is 11.0. The molecule has 0 spiro atoms. The van der Waals surface area contributed by atoms with Crippen molar-refractivity contribution >= 4 is 6.08 Å². The Morgan fingerprint density at radius 2 is 2.16 bits per heavy atom. The molecule has 0 fully saturated rings. The molecule has 0 saturated carbocycles. The maximum Gasteiger partial charge on any atom is 0.161 e. The second kappa shape index (κ2) is 8.56. The van der Waals surface area contributed by atoms with E-state index in [-0.39, 0.29) is 6.10 Å². The van der Waals surface area contributed by atoms with Crippen LogP contribution in [0.3, 0.4) is 0 Å². The summed E-state index contributed by atoms with van der Waals surface area (Å²) >= 11 is 0. The predicted molar refractivity (Wildman–Crippen MR) is 76.5 cm³/mol. The lowest BCUT2D eigenvalue weighted by molar-refractivity contribution is -0.661. The van der Waals surface area contributed by atoms with Crippen LogP contribution in [0.5, 0.6) is 11.5 Å². The van der Waals surface area contributed by atoms with Gasteiger partial charge in [-0.25, -0.2) is 0 Å². The van der Waals surface area contributed by atoms with Crippen molar-refractivity contribution in [3.8, 4) is 11.5 Å². The van der Waals surface area contributed by atoms with Crippen LogP contribution in [0.2, 0.25) is 0 Å². The number of aliphatic hydroxyl groups excluding tert-OH is 1. The van der Waals surface area contributed by atoms with Gasteiger partial charge in [0.25, 0.3) is 0 Å². The molecule has 0 aromatic heterocycles. The van der Waals surface area contributed by atoms with Crippen LogP contribution in [0.25, 0.3) is 6.08 Å². The zero-order valence-corrected chi connectivity index (χ0v) is 11.9. The molecule has 0 aliphatic rings. The summed E-state index contributed by atoms with van der Waals surface area (Å²) in [6, 6.07) is 5.87. The zero-order chi connectivity index (χ0) is 14.1. The summed E-state index contributed by atoms with van der Waals surface area (Å²) in [5.74, 6) is 1.49. The predicted octanol–water partition coefficient (Wildman–Crippen LogP) is 1.05. The topological polar surface area (TPSA) is 55.3 Å². The molecular weight excluding hydrogens is 242 g/mol. The normalized spacial score (nSPS) is 12.6. The molecule has 1 aromatic carbocycles. The van der Waals surface area contributed by atoms with E-state index < -0.39 is 0 Å². The van der Waals surface area contributed by atoms with Gasteiger partial charge in [-0.05, 0) is 31.5 Å².